The number of aryl methyl sites for hydroxylation is 1. The molecule has 2 aromatic rings. The van der Waals surface area contributed by atoms with E-state index >= 15 is 0 Å². The lowest BCUT2D eigenvalue weighted by atomic mass is 10.00. The molecule has 1 aliphatic rings. The van der Waals surface area contributed by atoms with Gasteiger partial charge in [0.15, 0.2) is 9.84 Å². The number of rotatable bonds is 1. The molecular formula is C13H9Br2NO4S. The Morgan fingerprint density at radius 2 is 2.00 bits per heavy atom. The van der Waals surface area contributed by atoms with E-state index in [1.165, 1.54) is 0 Å². The van der Waals surface area contributed by atoms with E-state index in [-0.39, 0.29) is 23.5 Å². The average Bonchev–Trinajstić information content (AvgIpc) is 2.35. The Labute approximate surface area is 137 Å². The van der Waals surface area contributed by atoms with Crippen LogP contribution >= 0.6 is 31.9 Å². The third-order valence-corrected chi connectivity index (χ3v) is 6.04. The van der Waals surface area contributed by atoms with Gasteiger partial charge in [0.25, 0.3) is 0 Å². The smallest absolute Gasteiger partial charge is 0.336 e. The van der Waals surface area contributed by atoms with Gasteiger partial charge in [-0.1, -0.05) is 15.9 Å². The second-order valence-corrected chi connectivity index (χ2v) is 8.80. The number of fused-ring (bicyclic) bond motifs is 2. The van der Waals surface area contributed by atoms with Crippen LogP contribution in [-0.2, 0) is 22.0 Å². The van der Waals surface area contributed by atoms with Crippen molar-refractivity contribution >= 4 is 58.6 Å². The molecule has 0 saturated heterocycles. The van der Waals surface area contributed by atoms with Crippen molar-refractivity contribution in [2.75, 3.05) is 5.75 Å². The predicted octanol–water partition coefficient (Wildman–Crippen LogP) is 2.93. The number of aromatic nitrogens is 1. The zero-order valence-electron chi connectivity index (χ0n) is 10.6. The number of hydrogen-bond acceptors (Lipinski definition) is 4. The van der Waals surface area contributed by atoms with Crippen LogP contribution in [0.25, 0.3) is 10.9 Å². The Kier molecular flexibility index (Phi) is 3.58. The summed E-state index contributed by atoms with van der Waals surface area (Å²) in [4.78, 5) is 16.1. The lowest BCUT2D eigenvalue weighted by molar-refractivity contribution is 0.0698. The summed E-state index contributed by atoms with van der Waals surface area (Å²) in [5.74, 6) is -1.40. The van der Waals surface area contributed by atoms with Gasteiger partial charge in [-0.05, 0) is 28.1 Å². The molecule has 110 valence electrons. The highest BCUT2D eigenvalue weighted by Gasteiger charge is 2.29. The zero-order valence-corrected chi connectivity index (χ0v) is 14.5. The number of pyridine rings is 1. The average molecular weight is 435 g/mol. The first-order chi connectivity index (χ1) is 9.78. The molecule has 0 aliphatic carbocycles. The second kappa shape index (κ2) is 5.03. The van der Waals surface area contributed by atoms with Crippen LogP contribution in [0.3, 0.4) is 0 Å². The summed E-state index contributed by atoms with van der Waals surface area (Å²) >= 11 is 6.69. The monoisotopic (exact) mass is 433 g/mol. The summed E-state index contributed by atoms with van der Waals surface area (Å²) in [5, 5.41) is 9.97. The Hall–Kier alpha value is -0.990. The molecule has 8 heteroatoms. The van der Waals surface area contributed by atoms with E-state index in [1.54, 1.807) is 12.1 Å². The van der Waals surface area contributed by atoms with Crippen molar-refractivity contribution in [2.24, 2.45) is 0 Å². The van der Waals surface area contributed by atoms with Gasteiger partial charge in [0.1, 0.15) is 0 Å². The normalized spacial score (nSPS) is 16.7. The molecule has 0 amide bonds. The summed E-state index contributed by atoms with van der Waals surface area (Å²) in [5.41, 5.74) is 1.43. The van der Waals surface area contributed by atoms with Crippen LogP contribution in [0.1, 0.15) is 21.6 Å². The van der Waals surface area contributed by atoms with Gasteiger partial charge < -0.3 is 5.11 Å². The number of sulfone groups is 1. The Morgan fingerprint density at radius 1 is 1.29 bits per heavy atom. The van der Waals surface area contributed by atoms with Crippen LogP contribution in [0.15, 0.2) is 21.1 Å². The topological polar surface area (TPSA) is 84.3 Å². The van der Waals surface area contributed by atoms with Gasteiger partial charge in [-0.25, -0.2) is 13.2 Å². The first kappa shape index (κ1) is 14.9. The summed E-state index contributed by atoms with van der Waals surface area (Å²) in [6, 6.07) is 3.44. The lowest BCUT2D eigenvalue weighted by Crippen LogP contribution is -2.23. The van der Waals surface area contributed by atoms with Crippen molar-refractivity contribution in [1.29, 1.82) is 0 Å². The van der Waals surface area contributed by atoms with Gasteiger partial charge in [-0.2, -0.15) is 0 Å². The molecule has 0 unspecified atom stereocenters. The molecule has 0 fully saturated rings. The first-order valence-electron chi connectivity index (χ1n) is 6.03. The van der Waals surface area contributed by atoms with Crippen LogP contribution in [0, 0.1) is 0 Å². The Balaban J connectivity index is 2.46. The van der Waals surface area contributed by atoms with Crippen LogP contribution < -0.4 is 0 Å². The number of carboxylic acids is 1. The molecule has 0 saturated carbocycles. The molecule has 1 aliphatic heterocycles. The summed E-state index contributed by atoms with van der Waals surface area (Å²) in [6.07, 6.45) is 0.246. The molecule has 0 spiro atoms. The van der Waals surface area contributed by atoms with E-state index in [9.17, 15) is 18.3 Å². The summed E-state index contributed by atoms with van der Waals surface area (Å²) in [7, 11) is -3.27. The maximum atomic E-state index is 11.8. The van der Waals surface area contributed by atoms with Crippen molar-refractivity contribution in [3.05, 3.63) is 37.9 Å². The lowest BCUT2D eigenvalue weighted by Gasteiger charge is -2.19. The van der Waals surface area contributed by atoms with Gasteiger partial charge in [0.05, 0.1) is 22.6 Å². The highest BCUT2D eigenvalue weighted by atomic mass is 79.9. The number of hydrogen-bond donors (Lipinski definition) is 1. The molecule has 0 atom stereocenters. The number of halogens is 2. The van der Waals surface area contributed by atoms with E-state index in [1.807, 2.05) is 0 Å². The van der Waals surface area contributed by atoms with Crippen molar-refractivity contribution in [2.45, 2.75) is 12.2 Å². The minimum Gasteiger partial charge on any atom is -0.478 e. The van der Waals surface area contributed by atoms with Crippen LogP contribution in [-0.4, -0.2) is 30.2 Å². The second-order valence-electron chi connectivity index (χ2n) is 4.84. The first-order valence-corrected chi connectivity index (χ1v) is 9.43. The van der Waals surface area contributed by atoms with Crippen molar-refractivity contribution in [3.63, 3.8) is 0 Å². The fourth-order valence-corrected chi connectivity index (χ4v) is 5.24. The largest absolute Gasteiger partial charge is 0.478 e. The fraction of sp³-hybridized carbons (Fsp3) is 0.231. The van der Waals surface area contributed by atoms with Gasteiger partial charge in [-0.15, -0.1) is 0 Å². The van der Waals surface area contributed by atoms with Gasteiger partial charge >= 0.3 is 5.97 Å². The number of benzene rings is 1. The van der Waals surface area contributed by atoms with Crippen LogP contribution in [0.5, 0.6) is 0 Å². The van der Waals surface area contributed by atoms with Crippen molar-refractivity contribution in [1.82, 2.24) is 4.98 Å². The van der Waals surface area contributed by atoms with Crippen LogP contribution in [0.2, 0.25) is 0 Å². The van der Waals surface area contributed by atoms with Crippen LogP contribution in [0.4, 0.5) is 0 Å². The maximum Gasteiger partial charge on any atom is 0.336 e. The third kappa shape index (κ3) is 2.60. The zero-order chi connectivity index (χ0) is 15.4. The number of nitrogens with zero attached hydrogens (tertiary/aromatic N) is 1. The molecule has 1 aromatic heterocycles. The van der Waals surface area contributed by atoms with E-state index in [2.05, 4.69) is 36.8 Å². The fourth-order valence-electron chi connectivity index (χ4n) is 2.53. The molecule has 0 bridgehead atoms. The predicted molar refractivity (Wildman–Crippen MR) is 85.3 cm³/mol. The molecule has 5 nitrogen and oxygen atoms in total. The molecule has 0 radical (unpaired) electrons. The molecule has 3 rings (SSSR count). The Morgan fingerprint density at radius 3 is 2.67 bits per heavy atom. The number of carbonyl (C=O) groups is 1. The van der Waals surface area contributed by atoms with Gasteiger partial charge in [-0.3, -0.25) is 4.98 Å². The minimum absolute atomic E-state index is 0.00567. The maximum absolute atomic E-state index is 11.8. The van der Waals surface area contributed by atoms with E-state index in [4.69, 9.17) is 0 Å². The molecule has 1 N–H and O–H groups in total. The van der Waals surface area contributed by atoms with Crippen molar-refractivity contribution < 1.29 is 18.3 Å². The number of carboxylic acid groups (broad SMARTS) is 1. The highest BCUT2D eigenvalue weighted by molar-refractivity contribution is 9.11. The SMILES string of the molecule is O=C(O)c1c2c(nc3c(Br)cc(Br)cc13)CCS(=O)(=O)C2. The molecule has 2 heterocycles. The van der Waals surface area contributed by atoms with Gasteiger partial charge in [0.2, 0.25) is 0 Å². The highest BCUT2D eigenvalue weighted by Crippen LogP contribution is 2.34. The minimum atomic E-state index is -3.27. The van der Waals surface area contributed by atoms with E-state index in [0.29, 0.717) is 31.1 Å². The summed E-state index contributed by atoms with van der Waals surface area (Å²) < 4.78 is 25.0. The standard InChI is InChI=1S/C13H9Br2NO4S/c14-6-3-7-11(13(17)18)8-5-21(19,20)2-1-10(8)16-12(7)9(15)4-6/h3-4H,1-2,5H2,(H,17,18). The van der Waals surface area contributed by atoms with Gasteiger partial charge in [0, 0.05) is 32.0 Å². The quantitative estimate of drug-likeness (QED) is 0.745. The Bertz CT molecular complexity index is 893. The van der Waals surface area contributed by atoms with E-state index in [0.717, 1.165) is 0 Å². The van der Waals surface area contributed by atoms with E-state index < -0.39 is 15.8 Å². The molecular weight excluding hydrogens is 426 g/mol. The molecule has 21 heavy (non-hydrogen) atoms. The summed E-state index contributed by atoms with van der Waals surface area (Å²) in [6.45, 7) is 0. The molecule has 1 aromatic carbocycles. The van der Waals surface area contributed by atoms with Crippen molar-refractivity contribution in [3.8, 4) is 0 Å². The number of aromatic carboxylic acids is 1. The third-order valence-electron chi connectivity index (χ3n) is 3.42.